The number of hydrogen-bond acceptors (Lipinski definition) is 4. The summed E-state index contributed by atoms with van der Waals surface area (Å²) in [5.41, 5.74) is 1.94. The van der Waals surface area contributed by atoms with E-state index in [0.29, 0.717) is 4.90 Å². The lowest BCUT2D eigenvalue weighted by atomic mass is 10.1. The number of sulfone groups is 1. The van der Waals surface area contributed by atoms with Crippen molar-refractivity contribution in [2.24, 2.45) is 0 Å². The quantitative estimate of drug-likeness (QED) is 0.852. The summed E-state index contributed by atoms with van der Waals surface area (Å²) in [5.74, 6) is 0.118. The molecule has 0 amide bonds. The molecule has 0 unspecified atom stereocenters. The van der Waals surface area contributed by atoms with Gasteiger partial charge in [-0.2, -0.15) is 0 Å². The molecule has 1 atom stereocenters. The summed E-state index contributed by atoms with van der Waals surface area (Å²) in [6.07, 6.45) is 1.77. The average molecular weight is 304 g/mol. The Morgan fingerprint density at radius 2 is 1.81 bits per heavy atom. The van der Waals surface area contributed by atoms with Crippen molar-refractivity contribution in [2.75, 3.05) is 17.7 Å². The maximum Gasteiger partial charge on any atom is 0.178 e. The maximum absolute atomic E-state index is 11.8. The van der Waals surface area contributed by atoms with Crippen molar-refractivity contribution < 1.29 is 8.42 Å². The summed E-state index contributed by atoms with van der Waals surface area (Å²) in [4.78, 5) is 6.80. The molecule has 0 fully saturated rings. The van der Waals surface area contributed by atoms with Gasteiger partial charge in [-0.05, 0) is 43.3 Å². The van der Waals surface area contributed by atoms with Crippen LogP contribution in [-0.4, -0.2) is 26.2 Å². The topological polar surface area (TPSA) is 50.3 Å². The molecule has 0 bridgehead atoms. The zero-order valence-electron chi connectivity index (χ0n) is 12.5. The minimum absolute atomic E-state index is 0.111. The van der Waals surface area contributed by atoms with Crippen molar-refractivity contribution in [3.05, 3.63) is 54.4 Å². The Balaban J connectivity index is 2.23. The van der Waals surface area contributed by atoms with Crippen molar-refractivity contribution in [1.29, 1.82) is 0 Å². The molecule has 0 aliphatic heterocycles. The second kappa shape index (κ2) is 6.26. The molecule has 2 aromatic rings. The molecule has 2 rings (SSSR count). The lowest BCUT2D eigenvalue weighted by Crippen LogP contribution is -2.22. The van der Waals surface area contributed by atoms with Gasteiger partial charge in [-0.15, -0.1) is 0 Å². The number of benzene rings is 1. The first kappa shape index (κ1) is 15.5. The molecule has 0 radical (unpaired) electrons. The van der Waals surface area contributed by atoms with Gasteiger partial charge in [0.2, 0.25) is 0 Å². The van der Waals surface area contributed by atoms with Crippen molar-refractivity contribution in [3.8, 4) is 0 Å². The zero-order chi connectivity index (χ0) is 15.5. The van der Waals surface area contributed by atoms with Crippen LogP contribution in [-0.2, 0) is 9.84 Å². The molecule has 1 heterocycles. The van der Waals surface area contributed by atoms with E-state index >= 15 is 0 Å². The van der Waals surface area contributed by atoms with Crippen LogP contribution < -0.4 is 4.90 Å². The van der Waals surface area contributed by atoms with Gasteiger partial charge in [0.1, 0.15) is 0 Å². The third-order valence-electron chi connectivity index (χ3n) is 3.68. The lowest BCUT2D eigenvalue weighted by Gasteiger charge is -2.26. The molecule has 5 heteroatoms. The first-order valence-electron chi connectivity index (χ1n) is 6.92. The highest BCUT2D eigenvalue weighted by molar-refractivity contribution is 7.91. The molecule has 0 N–H and O–H groups in total. The van der Waals surface area contributed by atoms with E-state index in [1.54, 1.807) is 25.3 Å². The second-order valence-electron chi connectivity index (χ2n) is 4.94. The number of anilines is 1. The number of hydrogen-bond donors (Lipinski definition) is 0. The van der Waals surface area contributed by atoms with Crippen molar-refractivity contribution in [1.82, 2.24) is 4.98 Å². The van der Waals surface area contributed by atoms with E-state index in [4.69, 9.17) is 0 Å². The lowest BCUT2D eigenvalue weighted by molar-refractivity contribution is 0.597. The molecule has 0 spiro atoms. The Bertz CT molecular complexity index is 682. The average Bonchev–Trinajstić information content (AvgIpc) is 2.54. The number of aromatic nitrogens is 1. The zero-order valence-corrected chi connectivity index (χ0v) is 13.3. The van der Waals surface area contributed by atoms with E-state index in [-0.39, 0.29) is 11.8 Å². The fourth-order valence-electron chi connectivity index (χ4n) is 2.10. The molecule has 0 aliphatic rings. The Kier molecular flexibility index (Phi) is 4.63. The van der Waals surface area contributed by atoms with E-state index < -0.39 is 9.84 Å². The third-order valence-corrected chi connectivity index (χ3v) is 5.43. The van der Waals surface area contributed by atoms with Crippen LogP contribution in [0.5, 0.6) is 0 Å². The largest absolute Gasteiger partial charge is 0.366 e. The van der Waals surface area contributed by atoms with Gasteiger partial charge in [-0.25, -0.2) is 8.42 Å². The van der Waals surface area contributed by atoms with Crippen LogP contribution in [0.25, 0.3) is 0 Å². The summed E-state index contributed by atoms with van der Waals surface area (Å²) >= 11 is 0. The van der Waals surface area contributed by atoms with Gasteiger partial charge < -0.3 is 4.90 Å². The highest BCUT2D eigenvalue weighted by atomic mass is 32.2. The fraction of sp³-hybridized carbons (Fsp3) is 0.312. The summed E-state index contributed by atoms with van der Waals surface area (Å²) in [5, 5.41) is 0. The molecular formula is C16H20N2O2S. The predicted molar refractivity (Wildman–Crippen MR) is 85.2 cm³/mol. The Hall–Kier alpha value is -1.88. The van der Waals surface area contributed by atoms with Gasteiger partial charge in [0.05, 0.1) is 22.4 Å². The Morgan fingerprint density at radius 1 is 1.14 bits per heavy atom. The highest BCUT2D eigenvalue weighted by Gasteiger charge is 2.15. The Morgan fingerprint density at radius 3 is 2.33 bits per heavy atom. The van der Waals surface area contributed by atoms with Gasteiger partial charge in [-0.1, -0.05) is 13.0 Å². The minimum atomic E-state index is -3.14. The highest BCUT2D eigenvalue weighted by Crippen LogP contribution is 2.25. The van der Waals surface area contributed by atoms with Gasteiger partial charge in [0, 0.05) is 18.9 Å². The summed E-state index contributed by atoms with van der Waals surface area (Å²) in [7, 11) is -1.17. The van der Waals surface area contributed by atoms with Gasteiger partial charge in [0.15, 0.2) is 9.84 Å². The fourth-order valence-corrected chi connectivity index (χ4v) is 2.98. The second-order valence-corrected chi connectivity index (χ2v) is 7.22. The van der Waals surface area contributed by atoms with E-state index in [1.807, 2.05) is 37.4 Å². The SMILES string of the molecule is CCS(=O)(=O)c1ccc(N(C)[C@@H](C)c2ccccn2)cc1. The maximum atomic E-state index is 11.8. The smallest absolute Gasteiger partial charge is 0.178 e. The number of rotatable bonds is 5. The first-order chi connectivity index (χ1) is 9.95. The number of pyridine rings is 1. The van der Waals surface area contributed by atoms with Crippen molar-refractivity contribution >= 4 is 15.5 Å². The van der Waals surface area contributed by atoms with E-state index in [1.165, 1.54) is 0 Å². The minimum Gasteiger partial charge on any atom is -0.366 e. The summed E-state index contributed by atoms with van der Waals surface area (Å²) in [6, 6.07) is 12.9. The molecule has 4 nitrogen and oxygen atoms in total. The van der Waals surface area contributed by atoms with Crippen molar-refractivity contribution in [3.63, 3.8) is 0 Å². The molecule has 0 saturated carbocycles. The van der Waals surface area contributed by atoms with Crippen LogP contribution in [0.3, 0.4) is 0 Å². The van der Waals surface area contributed by atoms with Gasteiger partial charge >= 0.3 is 0 Å². The van der Waals surface area contributed by atoms with Crippen LogP contribution in [0.4, 0.5) is 5.69 Å². The molecule has 1 aromatic heterocycles. The predicted octanol–water partition coefficient (Wildman–Crippen LogP) is 3.07. The third kappa shape index (κ3) is 3.42. The molecule has 1 aromatic carbocycles. The summed E-state index contributed by atoms with van der Waals surface area (Å²) < 4.78 is 23.6. The standard InChI is InChI=1S/C16H20N2O2S/c1-4-21(19,20)15-10-8-14(9-11-15)18(3)13(2)16-7-5-6-12-17-16/h5-13H,4H2,1-3H3/t13-/m0/s1. The van der Waals surface area contributed by atoms with Crippen molar-refractivity contribution in [2.45, 2.75) is 24.8 Å². The monoisotopic (exact) mass is 304 g/mol. The van der Waals surface area contributed by atoms with E-state index in [0.717, 1.165) is 11.4 Å². The van der Waals surface area contributed by atoms with Crippen LogP contribution >= 0.6 is 0 Å². The summed E-state index contributed by atoms with van der Waals surface area (Å²) in [6.45, 7) is 3.72. The molecule has 112 valence electrons. The normalized spacial score (nSPS) is 12.9. The van der Waals surface area contributed by atoms with Crippen LogP contribution in [0.1, 0.15) is 25.6 Å². The van der Waals surface area contributed by atoms with Gasteiger partial charge in [-0.3, -0.25) is 4.98 Å². The van der Waals surface area contributed by atoms with E-state index in [2.05, 4.69) is 16.8 Å². The Labute approximate surface area is 126 Å². The van der Waals surface area contributed by atoms with Crippen LogP contribution in [0.15, 0.2) is 53.6 Å². The van der Waals surface area contributed by atoms with Crippen LogP contribution in [0.2, 0.25) is 0 Å². The van der Waals surface area contributed by atoms with Gasteiger partial charge in [0.25, 0.3) is 0 Å². The molecule has 0 saturated heterocycles. The van der Waals surface area contributed by atoms with Crippen LogP contribution in [0, 0.1) is 0 Å². The number of nitrogens with zero attached hydrogens (tertiary/aromatic N) is 2. The molecular weight excluding hydrogens is 284 g/mol. The van der Waals surface area contributed by atoms with E-state index in [9.17, 15) is 8.42 Å². The first-order valence-corrected chi connectivity index (χ1v) is 8.57. The molecule has 21 heavy (non-hydrogen) atoms. The molecule has 0 aliphatic carbocycles.